The average Bonchev–Trinajstić information content (AvgIpc) is 3.02. The first-order valence-corrected chi connectivity index (χ1v) is 10.2. The fraction of sp³-hybridized carbons (Fsp3) is 0.316. The lowest BCUT2D eigenvalue weighted by molar-refractivity contribution is 0.273. The van der Waals surface area contributed by atoms with Crippen LogP contribution in [0.2, 0.25) is 0 Å². The zero-order chi connectivity index (χ0) is 18.1. The lowest BCUT2D eigenvalue weighted by atomic mass is 9.91. The molecule has 2 N–H and O–H groups in total. The summed E-state index contributed by atoms with van der Waals surface area (Å²) in [7, 11) is -3.54. The molecule has 6 nitrogen and oxygen atoms in total. The van der Waals surface area contributed by atoms with Crippen LogP contribution < -0.4 is 5.69 Å². The van der Waals surface area contributed by atoms with Crippen LogP contribution in [0.15, 0.2) is 58.2 Å². The van der Waals surface area contributed by atoms with Crippen LogP contribution in [0.1, 0.15) is 18.4 Å². The molecule has 1 aliphatic rings. The summed E-state index contributed by atoms with van der Waals surface area (Å²) in [6, 6.07) is 15.0. The summed E-state index contributed by atoms with van der Waals surface area (Å²) in [5, 5.41) is 0. The van der Waals surface area contributed by atoms with Gasteiger partial charge in [0.05, 0.1) is 15.9 Å². The van der Waals surface area contributed by atoms with Crippen molar-refractivity contribution < 1.29 is 8.42 Å². The maximum Gasteiger partial charge on any atom is 0.323 e. The highest BCUT2D eigenvalue weighted by Crippen LogP contribution is 2.27. The van der Waals surface area contributed by atoms with E-state index in [0.717, 1.165) is 19.3 Å². The van der Waals surface area contributed by atoms with Crippen molar-refractivity contribution in [1.82, 2.24) is 14.3 Å². The molecule has 0 aliphatic carbocycles. The Labute approximate surface area is 151 Å². The van der Waals surface area contributed by atoms with E-state index in [9.17, 15) is 13.2 Å². The number of sulfonamides is 1. The number of aromatic nitrogens is 2. The maximum absolute atomic E-state index is 12.9. The minimum Gasteiger partial charge on any atom is -0.306 e. The highest BCUT2D eigenvalue weighted by atomic mass is 32.2. The number of benzene rings is 2. The number of fused-ring (bicyclic) bond motifs is 1. The molecular weight excluding hydrogens is 350 g/mol. The number of piperidine rings is 1. The molecule has 1 fully saturated rings. The molecule has 4 rings (SSSR count). The van der Waals surface area contributed by atoms with Crippen LogP contribution in [0.5, 0.6) is 0 Å². The Morgan fingerprint density at radius 1 is 0.962 bits per heavy atom. The van der Waals surface area contributed by atoms with Crippen LogP contribution in [-0.4, -0.2) is 35.8 Å². The Morgan fingerprint density at radius 3 is 2.38 bits per heavy atom. The zero-order valence-corrected chi connectivity index (χ0v) is 15.1. The number of hydrogen-bond donors (Lipinski definition) is 2. The van der Waals surface area contributed by atoms with Crippen LogP contribution in [0.3, 0.4) is 0 Å². The van der Waals surface area contributed by atoms with Gasteiger partial charge >= 0.3 is 5.69 Å². The van der Waals surface area contributed by atoms with Crippen LogP contribution in [0, 0.1) is 5.92 Å². The molecule has 0 amide bonds. The van der Waals surface area contributed by atoms with E-state index in [1.807, 2.05) is 18.2 Å². The molecule has 2 heterocycles. The zero-order valence-electron chi connectivity index (χ0n) is 14.3. The summed E-state index contributed by atoms with van der Waals surface area (Å²) in [6.45, 7) is 1.06. The minimum absolute atomic E-state index is 0.224. The maximum atomic E-state index is 12.9. The van der Waals surface area contributed by atoms with E-state index < -0.39 is 10.0 Å². The minimum atomic E-state index is -3.54. The van der Waals surface area contributed by atoms with Gasteiger partial charge in [0.1, 0.15) is 0 Å². The Balaban J connectivity index is 1.47. The SMILES string of the molecule is O=c1[nH]c2ccc(S(=O)(=O)N3CCC(Cc4ccccc4)CC3)cc2[nH]1. The van der Waals surface area contributed by atoms with Gasteiger partial charge in [-0.2, -0.15) is 4.31 Å². The molecule has 0 unspecified atom stereocenters. The van der Waals surface area contributed by atoms with Gasteiger partial charge in [-0.25, -0.2) is 13.2 Å². The van der Waals surface area contributed by atoms with Crippen molar-refractivity contribution in [2.75, 3.05) is 13.1 Å². The molecule has 3 aromatic rings. The van der Waals surface area contributed by atoms with E-state index in [2.05, 4.69) is 22.1 Å². The van der Waals surface area contributed by atoms with Crippen molar-refractivity contribution in [3.05, 3.63) is 64.6 Å². The van der Waals surface area contributed by atoms with Gasteiger partial charge in [0, 0.05) is 13.1 Å². The van der Waals surface area contributed by atoms with Gasteiger partial charge in [0.25, 0.3) is 0 Å². The molecule has 0 atom stereocenters. The third kappa shape index (κ3) is 3.32. The van der Waals surface area contributed by atoms with Crippen molar-refractivity contribution in [1.29, 1.82) is 0 Å². The first kappa shape index (κ1) is 17.1. The van der Waals surface area contributed by atoms with E-state index in [-0.39, 0.29) is 10.6 Å². The molecular formula is C19H21N3O3S. The van der Waals surface area contributed by atoms with Crippen molar-refractivity contribution in [3.8, 4) is 0 Å². The number of imidazole rings is 1. The monoisotopic (exact) mass is 371 g/mol. The Morgan fingerprint density at radius 2 is 1.65 bits per heavy atom. The van der Waals surface area contributed by atoms with Crippen molar-refractivity contribution in [3.63, 3.8) is 0 Å². The number of aromatic amines is 2. The summed E-state index contributed by atoms with van der Waals surface area (Å²) >= 11 is 0. The molecule has 26 heavy (non-hydrogen) atoms. The molecule has 136 valence electrons. The molecule has 0 saturated carbocycles. The van der Waals surface area contributed by atoms with E-state index in [4.69, 9.17) is 0 Å². The van der Waals surface area contributed by atoms with Crippen LogP contribution in [0.25, 0.3) is 11.0 Å². The largest absolute Gasteiger partial charge is 0.323 e. The summed E-state index contributed by atoms with van der Waals surface area (Å²) < 4.78 is 27.4. The summed E-state index contributed by atoms with van der Waals surface area (Å²) in [4.78, 5) is 16.8. The number of H-pyrrole nitrogens is 2. The number of hydrogen-bond acceptors (Lipinski definition) is 3. The van der Waals surface area contributed by atoms with Crippen LogP contribution in [0.4, 0.5) is 0 Å². The van der Waals surface area contributed by atoms with Crippen molar-refractivity contribution in [2.45, 2.75) is 24.2 Å². The topological polar surface area (TPSA) is 86.0 Å². The third-order valence-corrected chi connectivity index (χ3v) is 6.96. The molecule has 0 bridgehead atoms. The van der Waals surface area contributed by atoms with Gasteiger partial charge in [0.15, 0.2) is 0 Å². The predicted molar refractivity (Wildman–Crippen MR) is 101 cm³/mol. The molecule has 7 heteroatoms. The number of nitrogens with zero attached hydrogens (tertiary/aromatic N) is 1. The molecule has 1 saturated heterocycles. The number of rotatable bonds is 4. The first-order valence-electron chi connectivity index (χ1n) is 8.78. The fourth-order valence-corrected chi connectivity index (χ4v) is 5.12. The average molecular weight is 371 g/mol. The van der Waals surface area contributed by atoms with Gasteiger partial charge in [-0.1, -0.05) is 30.3 Å². The summed E-state index contributed by atoms with van der Waals surface area (Å²) in [6.07, 6.45) is 2.71. The summed E-state index contributed by atoms with van der Waals surface area (Å²) in [5.74, 6) is 0.507. The van der Waals surface area contributed by atoms with E-state index in [1.165, 1.54) is 11.6 Å². The molecule has 0 radical (unpaired) electrons. The quantitative estimate of drug-likeness (QED) is 0.739. The highest BCUT2D eigenvalue weighted by molar-refractivity contribution is 7.89. The lowest BCUT2D eigenvalue weighted by Crippen LogP contribution is -2.38. The Kier molecular flexibility index (Phi) is 4.42. The van der Waals surface area contributed by atoms with Crippen molar-refractivity contribution in [2.24, 2.45) is 5.92 Å². The van der Waals surface area contributed by atoms with Gasteiger partial charge in [-0.05, 0) is 48.9 Å². The lowest BCUT2D eigenvalue weighted by Gasteiger charge is -2.31. The van der Waals surface area contributed by atoms with Gasteiger partial charge in [-0.15, -0.1) is 0 Å². The van der Waals surface area contributed by atoms with Crippen molar-refractivity contribution >= 4 is 21.1 Å². The second-order valence-electron chi connectivity index (χ2n) is 6.82. The molecule has 1 aliphatic heterocycles. The number of nitrogens with one attached hydrogen (secondary N) is 2. The fourth-order valence-electron chi connectivity index (χ4n) is 3.62. The molecule has 1 aromatic heterocycles. The molecule has 0 spiro atoms. The van der Waals surface area contributed by atoms with E-state index in [0.29, 0.717) is 30.0 Å². The highest BCUT2D eigenvalue weighted by Gasteiger charge is 2.29. The molecule has 2 aromatic carbocycles. The van der Waals surface area contributed by atoms with E-state index >= 15 is 0 Å². The second-order valence-corrected chi connectivity index (χ2v) is 8.76. The van der Waals surface area contributed by atoms with Crippen LogP contribution in [-0.2, 0) is 16.4 Å². The first-order chi connectivity index (χ1) is 12.5. The van der Waals surface area contributed by atoms with E-state index in [1.54, 1.807) is 16.4 Å². The van der Waals surface area contributed by atoms with Gasteiger partial charge in [0.2, 0.25) is 10.0 Å². The normalized spacial score (nSPS) is 16.9. The Hall–Kier alpha value is -2.38. The smallest absolute Gasteiger partial charge is 0.306 e. The Bertz CT molecular complexity index is 1060. The standard InChI is InChI=1S/C19H21N3O3S/c23-19-20-17-7-6-16(13-18(17)21-19)26(24,25)22-10-8-15(9-11-22)12-14-4-2-1-3-5-14/h1-7,13,15H,8-12H2,(H2,20,21,23). The van der Waals surface area contributed by atoms with Gasteiger partial charge < -0.3 is 9.97 Å². The second kappa shape index (κ2) is 6.74. The predicted octanol–water partition coefficient (Wildman–Crippen LogP) is 2.50. The van der Waals surface area contributed by atoms with Crippen LogP contribution >= 0.6 is 0 Å². The third-order valence-electron chi connectivity index (χ3n) is 5.07. The summed E-state index contributed by atoms with van der Waals surface area (Å²) in [5.41, 5.74) is 2.08. The van der Waals surface area contributed by atoms with Gasteiger partial charge in [-0.3, -0.25) is 0 Å².